The van der Waals surface area contributed by atoms with Crippen LogP contribution in [-0.2, 0) is 6.42 Å². The second kappa shape index (κ2) is 8.22. The molecule has 158 valence electrons. The largest absolute Gasteiger partial charge is 0.495 e. The molecule has 1 atom stereocenters. The third kappa shape index (κ3) is 3.77. The lowest BCUT2D eigenvalue weighted by molar-refractivity contribution is 0.0670. The van der Waals surface area contributed by atoms with Gasteiger partial charge in [0.05, 0.1) is 18.4 Å². The van der Waals surface area contributed by atoms with E-state index in [1.807, 2.05) is 43.0 Å². The summed E-state index contributed by atoms with van der Waals surface area (Å²) in [5.74, 6) is 2.84. The summed E-state index contributed by atoms with van der Waals surface area (Å²) in [6.45, 7) is 5.00. The topological polar surface area (TPSA) is 93.4 Å². The van der Waals surface area contributed by atoms with Gasteiger partial charge in [-0.15, -0.1) is 0 Å². The van der Waals surface area contributed by atoms with Gasteiger partial charge in [0.2, 0.25) is 0 Å². The molecule has 1 aliphatic rings. The van der Waals surface area contributed by atoms with Gasteiger partial charge in [-0.3, -0.25) is 4.79 Å². The number of benzene rings is 1. The quantitative estimate of drug-likeness (QED) is 0.698. The maximum atomic E-state index is 13.0. The molecule has 4 rings (SSSR count). The summed E-state index contributed by atoms with van der Waals surface area (Å²) in [4.78, 5) is 27.3. The Morgan fingerprint density at radius 1 is 1.33 bits per heavy atom. The monoisotopic (exact) mass is 410 g/mol. The second-order valence-electron chi connectivity index (χ2n) is 7.74. The fraction of sp³-hybridized carbons (Fsp3) is 0.409. The second-order valence-corrected chi connectivity index (χ2v) is 7.74. The maximum Gasteiger partial charge on any atom is 0.348 e. The average Bonchev–Trinajstić information content (AvgIpc) is 3.28. The zero-order valence-corrected chi connectivity index (χ0v) is 17.5. The number of H-pyrrole nitrogens is 1. The van der Waals surface area contributed by atoms with Gasteiger partial charge in [0, 0.05) is 19.5 Å². The number of carbonyl (C=O) groups excluding carboxylic acids is 1. The van der Waals surface area contributed by atoms with Crippen LogP contribution in [0, 0.1) is 19.8 Å². The van der Waals surface area contributed by atoms with Gasteiger partial charge in [0.1, 0.15) is 23.1 Å². The van der Waals surface area contributed by atoms with Gasteiger partial charge in [0.25, 0.3) is 5.91 Å². The minimum Gasteiger partial charge on any atom is -0.495 e. The van der Waals surface area contributed by atoms with Crippen LogP contribution in [-0.4, -0.2) is 45.8 Å². The zero-order valence-electron chi connectivity index (χ0n) is 17.5. The molecular formula is C22H26N4O4. The minimum atomic E-state index is -0.303. The molecule has 0 aliphatic carbocycles. The molecule has 0 bridgehead atoms. The predicted molar refractivity (Wildman–Crippen MR) is 111 cm³/mol. The third-order valence-corrected chi connectivity index (χ3v) is 5.62. The van der Waals surface area contributed by atoms with Crippen molar-refractivity contribution in [2.75, 3.05) is 20.2 Å². The molecule has 3 aromatic rings. The highest BCUT2D eigenvalue weighted by Crippen LogP contribution is 2.26. The van der Waals surface area contributed by atoms with E-state index in [4.69, 9.17) is 9.15 Å². The highest BCUT2D eigenvalue weighted by atomic mass is 16.5. The summed E-state index contributed by atoms with van der Waals surface area (Å²) in [7, 11) is 1.58. The van der Waals surface area contributed by atoms with Gasteiger partial charge in [0.15, 0.2) is 0 Å². The number of furan rings is 1. The number of rotatable bonds is 5. The van der Waals surface area contributed by atoms with E-state index in [1.165, 1.54) is 0 Å². The molecule has 2 aromatic heterocycles. The van der Waals surface area contributed by atoms with Crippen molar-refractivity contribution in [2.24, 2.45) is 5.92 Å². The van der Waals surface area contributed by atoms with Crippen LogP contribution in [0.2, 0.25) is 0 Å². The molecular weight excluding hydrogens is 384 g/mol. The number of aromatic nitrogens is 3. The van der Waals surface area contributed by atoms with Gasteiger partial charge >= 0.3 is 5.69 Å². The fourth-order valence-electron chi connectivity index (χ4n) is 4.22. The maximum absolute atomic E-state index is 13.0. The smallest absolute Gasteiger partial charge is 0.348 e. The minimum absolute atomic E-state index is 0.00167. The van der Waals surface area contributed by atoms with E-state index >= 15 is 0 Å². The van der Waals surface area contributed by atoms with E-state index in [9.17, 15) is 9.59 Å². The molecule has 3 heterocycles. The number of aromatic amines is 1. The molecule has 1 fully saturated rings. The van der Waals surface area contributed by atoms with Crippen molar-refractivity contribution >= 4 is 5.91 Å². The number of carbonyl (C=O) groups is 1. The first kappa shape index (κ1) is 20.0. The lowest BCUT2D eigenvalue weighted by atomic mass is 9.94. The summed E-state index contributed by atoms with van der Waals surface area (Å²) in [5, 5.41) is 6.81. The SMILES string of the molecule is COc1ccccc1-n1c(C[C@H]2CCCN(C(=O)c3cc(C)oc3C)C2)n[nH]c1=O. The van der Waals surface area contributed by atoms with Crippen LogP contribution in [0.4, 0.5) is 0 Å². The number of nitrogens with zero attached hydrogens (tertiary/aromatic N) is 3. The van der Waals surface area contributed by atoms with Crippen LogP contribution < -0.4 is 10.4 Å². The van der Waals surface area contributed by atoms with Gasteiger partial charge in [-0.1, -0.05) is 12.1 Å². The molecule has 8 nitrogen and oxygen atoms in total. The number of aryl methyl sites for hydroxylation is 2. The van der Waals surface area contributed by atoms with E-state index < -0.39 is 0 Å². The Hall–Kier alpha value is -3.29. The van der Waals surface area contributed by atoms with Crippen LogP contribution in [0.1, 0.15) is 40.5 Å². The van der Waals surface area contributed by atoms with E-state index in [1.54, 1.807) is 17.7 Å². The molecule has 30 heavy (non-hydrogen) atoms. The number of amides is 1. The van der Waals surface area contributed by atoms with E-state index in [0.29, 0.717) is 41.6 Å². The lowest BCUT2D eigenvalue weighted by Gasteiger charge is -2.32. The lowest BCUT2D eigenvalue weighted by Crippen LogP contribution is -2.41. The Balaban J connectivity index is 1.55. The van der Waals surface area contributed by atoms with E-state index in [2.05, 4.69) is 10.2 Å². The first-order chi connectivity index (χ1) is 14.5. The van der Waals surface area contributed by atoms with Crippen molar-refractivity contribution < 1.29 is 13.9 Å². The number of hydrogen-bond donors (Lipinski definition) is 1. The number of hydrogen-bond acceptors (Lipinski definition) is 5. The first-order valence-electron chi connectivity index (χ1n) is 10.1. The van der Waals surface area contributed by atoms with Crippen molar-refractivity contribution in [3.8, 4) is 11.4 Å². The Bertz CT molecular complexity index is 1110. The van der Waals surface area contributed by atoms with Crippen molar-refractivity contribution in [3.05, 3.63) is 63.7 Å². The molecule has 1 N–H and O–H groups in total. The van der Waals surface area contributed by atoms with Gasteiger partial charge in [-0.05, 0) is 50.8 Å². The van der Waals surface area contributed by atoms with E-state index in [0.717, 1.165) is 25.1 Å². The van der Waals surface area contributed by atoms with Crippen LogP contribution in [0.5, 0.6) is 5.75 Å². The van der Waals surface area contributed by atoms with Gasteiger partial charge < -0.3 is 14.1 Å². The molecule has 1 saturated heterocycles. The first-order valence-corrected chi connectivity index (χ1v) is 10.1. The summed E-state index contributed by atoms with van der Waals surface area (Å²) in [6, 6.07) is 9.16. The number of likely N-dealkylation sites (tertiary alicyclic amines) is 1. The number of methoxy groups -OCH3 is 1. The van der Waals surface area contributed by atoms with Gasteiger partial charge in [-0.25, -0.2) is 14.5 Å². The highest BCUT2D eigenvalue weighted by molar-refractivity contribution is 5.95. The molecule has 0 spiro atoms. The molecule has 1 aromatic carbocycles. The van der Waals surface area contributed by atoms with Gasteiger partial charge in [-0.2, -0.15) is 5.10 Å². The molecule has 1 aliphatic heterocycles. The Labute approximate surface area is 174 Å². The zero-order chi connectivity index (χ0) is 21.3. The summed E-state index contributed by atoms with van der Waals surface area (Å²) < 4.78 is 12.5. The average molecular weight is 410 g/mol. The molecule has 0 unspecified atom stereocenters. The summed E-state index contributed by atoms with van der Waals surface area (Å²) in [5.41, 5.74) is 0.976. The predicted octanol–water partition coefficient (Wildman–Crippen LogP) is 2.87. The standard InChI is InChI=1S/C22H26N4O4/c1-14-11-17(15(2)30-14)21(27)25-10-6-7-16(13-25)12-20-23-24-22(28)26(20)18-8-4-5-9-19(18)29-3/h4-5,8-9,11,16H,6-7,10,12-13H2,1-3H3,(H,24,28)/t16-/m1/s1. The fourth-order valence-corrected chi connectivity index (χ4v) is 4.22. The van der Waals surface area contributed by atoms with Crippen LogP contribution in [0.25, 0.3) is 5.69 Å². The van der Waals surface area contributed by atoms with Crippen LogP contribution in [0.15, 0.2) is 39.5 Å². The van der Waals surface area contributed by atoms with Crippen LogP contribution >= 0.6 is 0 Å². The van der Waals surface area contributed by atoms with Crippen molar-refractivity contribution in [1.29, 1.82) is 0 Å². The van der Waals surface area contributed by atoms with E-state index in [-0.39, 0.29) is 17.5 Å². The number of ether oxygens (including phenoxy) is 1. The van der Waals surface area contributed by atoms with Crippen LogP contribution in [0.3, 0.4) is 0 Å². The Morgan fingerprint density at radius 3 is 2.87 bits per heavy atom. The third-order valence-electron chi connectivity index (χ3n) is 5.62. The molecule has 8 heteroatoms. The van der Waals surface area contributed by atoms with Crippen molar-refractivity contribution in [3.63, 3.8) is 0 Å². The Morgan fingerprint density at radius 2 is 2.13 bits per heavy atom. The number of piperidine rings is 1. The summed E-state index contributed by atoms with van der Waals surface area (Å²) in [6.07, 6.45) is 2.47. The van der Waals surface area contributed by atoms with Crippen molar-refractivity contribution in [1.82, 2.24) is 19.7 Å². The molecule has 0 saturated carbocycles. The number of para-hydroxylation sites is 2. The summed E-state index contributed by atoms with van der Waals surface area (Å²) >= 11 is 0. The normalized spacial score (nSPS) is 16.6. The highest BCUT2D eigenvalue weighted by Gasteiger charge is 2.28. The number of nitrogens with one attached hydrogen (secondary N) is 1. The molecule has 1 amide bonds. The Kier molecular flexibility index (Phi) is 5.48. The van der Waals surface area contributed by atoms with Crippen molar-refractivity contribution in [2.45, 2.75) is 33.1 Å². The molecule has 0 radical (unpaired) electrons.